The molecule has 1 aliphatic heterocycles. The molecule has 160 valence electrons. The zero-order valence-corrected chi connectivity index (χ0v) is 17.9. The fourth-order valence-corrected chi connectivity index (χ4v) is 3.85. The molecule has 1 saturated heterocycles. The molecule has 7 nitrogen and oxygen atoms in total. The molecule has 1 N–H and O–H groups in total. The van der Waals surface area contributed by atoms with Crippen molar-refractivity contribution >= 4 is 34.2 Å². The first-order valence-electron chi connectivity index (χ1n) is 9.92. The summed E-state index contributed by atoms with van der Waals surface area (Å²) in [5.41, 5.74) is 0.656. The maximum atomic E-state index is 13.9. The highest BCUT2D eigenvalue weighted by Gasteiger charge is 2.24. The highest BCUT2D eigenvalue weighted by Crippen LogP contribution is 2.18. The minimum absolute atomic E-state index is 0.0516. The van der Waals surface area contributed by atoms with Gasteiger partial charge in [-0.25, -0.2) is 9.37 Å². The monoisotopic (exact) mass is 432 g/mol. The summed E-state index contributed by atoms with van der Waals surface area (Å²) in [5, 5.41) is 4.98. The van der Waals surface area contributed by atoms with E-state index in [-0.39, 0.29) is 35.6 Å². The van der Waals surface area contributed by atoms with Gasteiger partial charge in [0.25, 0.3) is 5.91 Å². The second kappa shape index (κ2) is 9.80. The van der Waals surface area contributed by atoms with Crippen molar-refractivity contribution in [3.8, 4) is 0 Å². The van der Waals surface area contributed by atoms with E-state index in [0.717, 1.165) is 0 Å². The summed E-state index contributed by atoms with van der Waals surface area (Å²) >= 11 is 1.29. The van der Waals surface area contributed by atoms with E-state index in [1.165, 1.54) is 23.5 Å². The Morgan fingerprint density at radius 2 is 1.83 bits per heavy atom. The minimum atomic E-state index is -0.538. The Morgan fingerprint density at radius 3 is 2.57 bits per heavy atom. The van der Waals surface area contributed by atoms with Gasteiger partial charge in [0.1, 0.15) is 5.82 Å². The average molecular weight is 433 g/mol. The van der Waals surface area contributed by atoms with Crippen LogP contribution in [-0.4, -0.2) is 58.7 Å². The van der Waals surface area contributed by atoms with Crippen LogP contribution in [0.1, 0.15) is 36.3 Å². The Bertz CT molecular complexity index is 930. The Morgan fingerprint density at radius 1 is 1.13 bits per heavy atom. The third-order valence-corrected chi connectivity index (χ3v) is 5.69. The van der Waals surface area contributed by atoms with Crippen LogP contribution >= 0.6 is 11.3 Å². The van der Waals surface area contributed by atoms with Gasteiger partial charge < -0.3 is 15.1 Å². The van der Waals surface area contributed by atoms with Crippen molar-refractivity contribution < 1.29 is 18.8 Å². The molecule has 2 aromatic rings. The summed E-state index contributed by atoms with van der Waals surface area (Å²) in [6.45, 7) is 5.34. The van der Waals surface area contributed by atoms with E-state index in [0.29, 0.717) is 43.4 Å². The molecule has 0 bridgehead atoms. The van der Waals surface area contributed by atoms with E-state index in [9.17, 15) is 18.8 Å². The lowest BCUT2D eigenvalue weighted by Gasteiger charge is -2.22. The second-order valence-corrected chi connectivity index (χ2v) is 8.33. The van der Waals surface area contributed by atoms with Crippen LogP contribution in [0.5, 0.6) is 0 Å². The molecule has 0 atom stereocenters. The number of carbonyl (C=O) groups is 3. The maximum Gasteiger partial charge on any atom is 0.256 e. The largest absolute Gasteiger partial charge is 0.341 e. The van der Waals surface area contributed by atoms with Crippen LogP contribution < -0.4 is 5.32 Å². The third kappa shape index (κ3) is 5.41. The van der Waals surface area contributed by atoms with Gasteiger partial charge in [-0.1, -0.05) is 26.0 Å². The van der Waals surface area contributed by atoms with E-state index >= 15 is 0 Å². The van der Waals surface area contributed by atoms with Gasteiger partial charge in [0.05, 0.1) is 17.7 Å². The molecule has 0 saturated carbocycles. The number of hydrogen-bond acceptors (Lipinski definition) is 5. The number of benzene rings is 1. The molecule has 1 aromatic carbocycles. The van der Waals surface area contributed by atoms with Crippen LogP contribution in [0.2, 0.25) is 0 Å². The van der Waals surface area contributed by atoms with Gasteiger partial charge in [0.15, 0.2) is 5.13 Å². The van der Waals surface area contributed by atoms with Gasteiger partial charge in [0.2, 0.25) is 11.8 Å². The van der Waals surface area contributed by atoms with Crippen molar-refractivity contribution in [3.63, 3.8) is 0 Å². The van der Waals surface area contributed by atoms with E-state index in [4.69, 9.17) is 0 Å². The SMILES string of the molecule is CC(C)C(=O)Nc1nc(CC(=O)N2CCCN(C(=O)c3ccccc3F)CC2)cs1. The first-order chi connectivity index (χ1) is 14.3. The van der Waals surface area contributed by atoms with Crippen molar-refractivity contribution in [3.05, 3.63) is 46.7 Å². The van der Waals surface area contributed by atoms with Crippen LogP contribution in [0.25, 0.3) is 0 Å². The summed E-state index contributed by atoms with van der Waals surface area (Å²) in [6.07, 6.45) is 0.758. The van der Waals surface area contributed by atoms with Crippen LogP contribution in [0.3, 0.4) is 0 Å². The molecular weight excluding hydrogens is 407 g/mol. The summed E-state index contributed by atoms with van der Waals surface area (Å²) in [6, 6.07) is 5.93. The molecule has 3 rings (SSSR count). The van der Waals surface area contributed by atoms with Crippen molar-refractivity contribution in [1.82, 2.24) is 14.8 Å². The standard InChI is InChI=1S/C21H25FN4O3S/c1-14(2)19(28)24-21-23-15(13-30-21)12-18(27)25-8-5-9-26(11-10-25)20(29)16-6-3-4-7-17(16)22/h3-4,6-7,13-14H,5,8-12H2,1-2H3,(H,23,24,28). The van der Waals surface area contributed by atoms with Gasteiger partial charge in [-0.3, -0.25) is 14.4 Å². The molecule has 1 fully saturated rings. The molecule has 0 aliphatic carbocycles. The number of hydrogen-bond donors (Lipinski definition) is 1. The van der Waals surface area contributed by atoms with Gasteiger partial charge in [0, 0.05) is 37.5 Å². The number of carbonyl (C=O) groups excluding carboxylic acids is 3. The molecule has 30 heavy (non-hydrogen) atoms. The first-order valence-corrected chi connectivity index (χ1v) is 10.8. The Balaban J connectivity index is 1.56. The minimum Gasteiger partial charge on any atom is -0.341 e. The number of amides is 3. The van der Waals surface area contributed by atoms with Crippen molar-refractivity contribution in [1.29, 1.82) is 0 Å². The van der Waals surface area contributed by atoms with Gasteiger partial charge >= 0.3 is 0 Å². The Labute approximate surface area is 178 Å². The Kier molecular flexibility index (Phi) is 7.15. The maximum absolute atomic E-state index is 13.9. The summed E-state index contributed by atoms with van der Waals surface area (Å²) in [7, 11) is 0. The molecule has 0 radical (unpaired) electrons. The van der Waals surface area contributed by atoms with Crippen molar-refractivity contribution in [2.75, 3.05) is 31.5 Å². The smallest absolute Gasteiger partial charge is 0.256 e. The highest BCUT2D eigenvalue weighted by molar-refractivity contribution is 7.13. The molecule has 1 aliphatic rings. The van der Waals surface area contributed by atoms with E-state index < -0.39 is 5.82 Å². The average Bonchev–Trinajstić information content (AvgIpc) is 2.99. The van der Waals surface area contributed by atoms with Crippen LogP contribution in [-0.2, 0) is 16.0 Å². The predicted molar refractivity (Wildman–Crippen MR) is 113 cm³/mol. The summed E-state index contributed by atoms with van der Waals surface area (Å²) < 4.78 is 13.9. The van der Waals surface area contributed by atoms with Gasteiger partial charge in [-0.2, -0.15) is 0 Å². The number of halogens is 1. The zero-order chi connectivity index (χ0) is 21.7. The van der Waals surface area contributed by atoms with Crippen LogP contribution in [0.15, 0.2) is 29.6 Å². The molecular formula is C21H25FN4O3S. The number of thiazole rings is 1. The highest BCUT2D eigenvalue weighted by atomic mass is 32.1. The third-order valence-electron chi connectivity index (χ3n) is 4.88. The number of rotatable bonds is 5. The molecule has 0 spiro atoms. The Hall–Kier alpha value is -2.81. The summed E-state index contributed by atoms with van der Waals surface area (Å²) in [4.78, 5) is 44.7. The number of aromatic nitrogens is 1. The normalized spacial score (nSPS) is 14.5. The number of nitrogens with one attached hydrogen (secondary N) is 1. The fourth-order valence-electron chi connectivity index (χ4n) is 3.14. The van der Waals surface area contributed by atoms with E-state index in [1.54, 1.807) is 41.2 Å². The molecule has 9 heteroatoms. The molecule has 2 heterocycles. The number of anilines is 1. The zero-order valence-electron chi connectivity index (χ0n) is 17.1. The van der Waals surface area contributed by atoms with Gasteiger partial charge in [-0.05, 0) is 18.6 Å². The van der Waals surface area contributed by atoms with E-state index in [1.807, 2.05) is 0 Å². The van der Waals surface area contributed by atoms with Gasteiger partial charge in [-0.15, -0.1) is 11.3 Å². The summed E-state index contributed by atoms with van der Waals surface area (Å²) in [5.74, 6) is -1.24. The van der Waals surface area contributed by atoms with Crippen molar-refractivity contribution in [2.24, 2.45) is 5.92 Å². The predicted octanol–water partition coefficient (Wildman–Crippen LogP) is 2.79. The lowest BCUT2D eigenvalue weighted by molar-refractivity contribution is -0.130. The van der Waals surface area contributed by atoms with Crippen LogP contribution in [0.4, 0.5) is 9.52 Å². The lowest BCUT2D eigenvalue weighted by atomic mass is 10.2. The quantitative estimate of drug-likeness (QED) is 0.788. The fraction of sp³-hybridized carbons (Fsp3) is 0.429. The first kappa shape index (κ1) is 21.9. The number of nitrogens with zero attached hydrogens (tertiary/aromatic N) is 3. The molecule has 3 amide bonds. The van der Waals surface area contributed by atoms with E-state index in [2.05, 4.69) is 10.3 Å². The molecule has 1 aromatic heterocycles. The van der Waals surface area contributed by atoms with Crippen molar-refractivity contribution in [2.45, 2.75) is 26.7 Å². The molecule has 0 unspecified atom stereocenters. The second-order valence-electron chi connectivity index (χ2n) is 7.47. The van der Waals surface area contributed by atoms with Crippen LogP contribution in [0, 0.1) is 11.7 Å². The topological polar surface area (TPSA) is 82.6 Å². The lowest BCUT2D eigenvalue weighted by Crippen LogP contribution is -2.38.